The minimum atomic E-state index is -0.812. The van der Waals surface area contributed by atoms with Gasteiger partial charge < -0.3 is 5.48 Å². The molecule has 0 saturated heterocycles. The Morgan fingerprint density at radius 2 is 1.60 bits per heavy atom. The van der Waals surface area contributed by atoms with Gasteiger partial charge >= 0.3 is 58.6 Å². The van der Waals surface area contributed by atoms with Crippen LogP contribution in [0.1, 0.15) is 0 Å². The van der Waals surface area contributed by atoms with E-state index in [1.807, 2.05) is 0 Å². The molecule has 0 spiro atoms. The first-order valence-electron chi connectivity index (χ1n) is 0.285. The van der Waals surface area contributed by atoms with Crippen molar-refractivity contribution in [3.05, 3.63) is 0 Å². The van der Waals surface area contributed by atoms with Crippen LogP contribution in [0.15, 0.2) is 0 Å². The molecule has 3 nitrogen and oxygen atoms in total. The summed E-state index contributed by atoms with van der Waals surface area (Å²) in [7, 11) is 0. The molecule has 5 heavy (non-hydrogen) atoms. The van der Waals surface area contributed by atoms with Crippen LogP contribution in [0.25, 0.3) is 0 Å². The molecule has 0 heterocycles. The van der Waals surface area contributed by atoms with Gasteiger partial charge in [0.15, 0.2) is 0 Å². The third-order valence-corrected chi connectivity index (χ3v) is 0. The summed E-state index contributed by atoms with van der Waals surface area (Å²) in [5.41, 5.74) is 0. The van der Waals surface area contributed by atoms with Gasteiger partial charge in [-0.25, -0.2) is 0 Å². The monoisotopic (exact) mass is 247 g/mol. The Kier molecular flexibility index (Phi) is 58.3. The van der Waals surface area contributed by atoms with Gasteiger partial charge in [-0.05, 0) is 0 Å². The minimum absolute atomic E-state index is 0. The normalized spacial score (nSPS) is 4.20. The predicted octanol–water partition coefficient (Wildman–Crippen LogP) is -0.797. The second kappa shape index (κ2) is 18.1. The molecule has 0 aliphatic rings. The fourth-order valence-corrected chi connectivity index (χ4v) is 0. The van der Waals surface area contributed by atoms with Crippen LogP contribution < -0.4 is 0 Å². The average molecular weight is 247 g/mol. The second-order valence-electron chi connectivity index (χ2n) is 0.0609. The summed E-state index contributed by atoms with van der Waals surface area (Å²) < 4.78 is 15.4. The maximum absolute atomic E-state index is 8.45. The molecule has 0 rings (SSSR count). The molecule has 0 aromatic heterocycles. The number of hydrogen-bond donors (Lipinski definition) is 1. The first-order chi connectivity index (χ1) is 1.41. The summed E-state index contributed by atoms with van der Waals surface area (Å²) in [5.74, 6) is 0. The SMILES string of the molecule is [La+3].[O-2].[O]=[Co-][OH]. The molecule has 0 aromatic carbocycles. The van der Waals surface area contributed by atoms with Crippen LogP contribution in [-0.2, 0) is 24.3 Å². The van der Waals surface area contributed by atoms with Crippen LogP contribution in [0.5, 0.6) is 0 Å². The van der Waals surface area contributed by atoms with E-state index in [4.69, 9.17) is 8.08 Å². The van der Waals surface area contributed by atoms with Crippen molar-refractivity contribution < 1.29 is 64.1 Å². The molecular weight excluding hydrogens is 246 g/mol. The zero-order valence-corrected chi connectivity index (χ0v) is 6.84. The molecule has 0 saturated carbocycles. The number of hydrogen-bond acceptors (Lipinski definition) is 1. The van der Waals surface area contributed by atoms with Crippen molar-refractivity contribution >= 4 is 0 Å². The summed E-state index contributed by atoms with van der Waals surface area (Å²) in [4.78, 5) is 0. The van der Waals surface area contributed by atoms with Crippen molar-refractivity contribution in [1.82, 2.24) is 0 Å². The molecule has 0 fully saturated rings. The quantitative estimate of drug-likeness (QED) is 0.609. The molecule has 0 amide bonds. The summed E-state index contributed by atoms with van der Waals surface area (Å²) >= 11 is -0.812. The van der Waals surface area contributed by atoms with Gasteiger partial charge in [-0.1, -0.05) is 0 Å². The average Bonchev–Trinajstić information content (AvgIpc) is 0.918. The molecule has 0 aliphatic carbocycles. The first kappa shape index (κ1) is 16.1. The Morgan fingerprint density at radius 3 is 1.60 bits per heavy atom. The fourth-order valence-electron chi connectivity index (χ4n) is 0. The van der Waals surface area contributed by atoms with Crippen molar-refractivity contribution in [2.24, 2.45) is 0 Å². The van der Waals surface area contributed by atoms with Crippen molar-refractivity contribution in [1.29, 1.82) is 0 Å². The third-order valence-electron chi connectivity index (χ3n) is 0. The molecule has 0 unspecified atom stereocenters. The predicted molar refractivity (Wildman–Crippen MR) is 3.59 cm³/mol. The molecule has 0 atom stereocenters. The van der Waals surface area contributed by atoms with Crippen molar-refractivity contribution in [2.45, 2.75) is 0 Å². The summed E-state index contributed by atoms with van der Waals surface area (Å²) in [6, 6.07) is 0. The van der Waals surface area contributed by atoms with Gasteiger partial charge in [0.05, 0.1) is 0 Å². The van der Waals surface area contributed by atoms with Gasteiger partial charge in [-0.2, -0.15) is 0 Å². The summed E-state index contributed by atoms with van der Waals surface area (Å²) in [6.07, 6.45) is 0. The molecule has 31 valence electrons. The molecule has 0 bridgehead atoms. The fraction of sp³-hybridized carbons (Fsp3) is 0. The van der Waals surface area contributed by atoms with Gasteiger partial charge in [-0.15, -0.1) is 0 Å². The topological polar surface area (TPSA) is 65.8 Å². The maximum atomic E-state index is 8.45. The number of rotatable bonds is 0. The molecule has 0 aliphatic heterocycles. The third kappa shape index (κ3) is 31.4. The Balaban J connectivity index is -0.0000000200. The first-order valence-corrected chi connectivity index (χ1v) is 1.18. The van der Waals surface area contributed by atoms with Gasteiger partial charge in [0.2, 0.25) is 0 Å². The van der Waals surface area contributed by atoms with Crippen LogP contribution in [-0.4, -0.2) is 4.22 Å². The van der Waals surface area contributed by atoms with E-state index in [9.17, 15) is 0 Å². The van der Waals surface area contributed by atoms with Crippen LogP contribution in [0.3, 0.4) is 0 Å². The van der Waals surface area contributed by atoms with E-state index in [-0.39, 0.29) is 41.1 Å². The van der Waals surface area contributed by atoms with E-state index in [2.05, 4.69) is 0 Å². The zero-order valence-electron chi connectivity index (χ0n) is 2.17. The molecule has 5 heteroatoms. The zero-order chi connectivity index (χ0) is 2.71. The Labute approximate surface area is 63.5 Å². The molecule has 0 radical (unpaired) electrons. The van der Waals surface area contributed by atoms with Crippen molar-refractivity contribution in [2.75, 3.05) is 0 Å². The van der Waals surface area contributed by atoms with Gasteiger partial charge in [0, 0.05) is 0 Å². The van der Waals surface area contributed by atoms with Crippen LogP contribution in [0, 0.1) is 35.6 Å². The summed E-state index contributed by atoms with van der Waals surface area (Å²) in [5, 5.41) is 0. The Hall–Kier alpha value is 1.42. The van der Waals surface area contributed by atoms with E-state index in [0.29, 0.717) is 0 Å². The van der Waals surface area contributed by atoms with Gasteiger partial charge in [-0.3, -0.25) is 0 Å². The van der Waals surface area contributed by atoms with E-state index in [1.165, 1.54) is 0 Å². The van der Waals surface area contributed by atoms with E-state index in [0.717, 1.165) is 0 Å². The summed E-state index contributed by atoms with van der Waals surface area (Å²) in [6.45, 7) is 0. The standard InChI is InChI=1S/Co.La.H2O.2O/h;;1H2;;/q;+3;;;-2/p-1. The molecule has 0 aromatic rings. The Morgan fingerprint density at radius 1 is 1.60 bits per heavy atom. The van der Waals surface area contributed by atoms with Crippen LogP contribution in [0.2, 0.25) is 0 Å². The van der Waals surface area contributed by atoms with Crippen LogP contribution in [0.4, 0.5) is 0 Å². The van der Waals surface area contributed by atoms with E-state index < -0.39 is 15.0 Å². The second-order valence-corrected chi connectivity index (χ2v) is 0.251. The Bertz CT molecular complexity index is 14.4. The van der Waals surface area contributed by atoms with Gasteiger partial charge in [0.1, 0.15) is 0 Å². The van der Waals surface area contributed by atoms with E-state index in [1.54, 1.807) is 0 Å². The van der Waals surface area contributed by atoms with Gasteiger partial charge in [0.25, 0.3) is 0 Å². The van der Waals surface area contributed by atoms with E-state index >= 15 is 0 Å². The molecule has 1 N–H and O–H groups in total. The van der Waals surface area contributed by atoms with Crippen molar-refractivity contribution in [3.63, 3.8) is 0 Å². The molecular formula is HCoLaO3. The van der Waals surface area contributed by atoms with Crippen LogP contribution >= 0.6 is 0 Å². The van der Waals surface area contributed by atoms with Crippen molar-refractivity contribution in [3.8, 4) is 0 Å².